The molecular weight excluding hydrogens is 166 g/mol. The van der Waals surface area contributed by atoms with Crippen LogP contribution in [0.2, 0.25) is 0 Å². The van der Waals surface area contributed by atoms with E-state index in [4.69, 9.17) is 5.11 Å². The van der Waals surface area contributed by atoms with Crippen LogP contribution in [0.15, 0.2) is 12.1 Å². The number of aliphatic hydroxyl groups excluding tert-OH is 2. The van der Waals surface area contributed by atoms with Crippen molar-refractivity contribution in [3.05, 3.63) is 23.5 Å². The van der Waals surface area contributed by atoms with Crippen molar-refractivity contribution in [1.82, 2.24) is 4.57 Å². The average molecular weight is 183 g/mol. The lowest BCUT2D eigenvalue weighted by atomic mass is 10.2. The molecule has 1 rings (SSSR count). The van der Waals surface area contributed by atoms with E-state index in [0.717, 1.165) is 11.4 Å². The van der Waals surface area contributed by atoms with E-state index < -0.39 is 6.10 Å². The molecule has 0 aliphatic carbocycles. The predicted molar refractivity (Wildman–Crippen MR) is 51.7 cm³/mol. The molecule has 0 aliphatic rings. The maximum Gasteiger partial charge on any atom is 0.0974 e. The quantitative estimate of drug-likeness (QED) is 0.735. The van der Waals surface area contributed by atoms with Gasteiger partial charge in [0.05, 0.1) is 18.8 Å². The third kappa shape index (κ3) is 1.92. The van der Waals surface area contributed by atoms with Gasteiger partial charge in [-0.25, -0.2) is 0 Å². The van der Waals surface area contributed by atoms with Crippen molar-refractivity contribution < 1.29 is 10.2 Å². The van der Waals surface area contributed by atoms with Crippen LogP contribution >= 0.6 is 0 Å². The Morgan fingerprint density at radius 1 is 1.31 bits per heavy atom. The zero-order valence-corrected chi connectivity index (χ0v) is 8.36. The van der Waals surface area contributed by atoms with Gasteiger partial charge in [0.1, 0.15) is 0 Å². The van der Waals surface area contributed by atoms with Crippen molar-refractivity contribution in [2.75, 3.05) is 6.61 Å². The Hall–Kier alpha value is -0.800. The molecule has 2 N–H and O–H groups in total. The van der Waals surface area contributed by atoms with Crippen molar-refractivity contribution in [1.29, 1.82) is 0 Å². The van der Waals surface area contributed by atoms with Crippen LogP contribution in [0.25, 0.3) is 0 Å². The summed E-state index contributed by atoms with van der Waals surface area (Å²) < 4.78 is 2.03. The van der Waals surface area contributed by atoms with Gasteiger partial charge in [0.15, 0.2) is 0 Å². The lowest BCUT2D eigenvalue weighted by Gasteiger charge is -2.22. The second kappa shape index (κ2) is 3.94. The van der Waals surface area contributed by atoms with Crippen LogP contribution in [-0.2, 0) is 0 Å². The monoisotopic (exact) mass is 183 g/mol. The molecule has 13 heavy (non-hydrogen) atoms. The molecule has 3 heteroatoms. The molecule has 0 radical (unpaired) electrons. The van der Waals surface area contributed by atoms with Gasteiger partial charge < -0.3 is 14.8 Å². The number of aryl methyl sites for hydroxylation is 2. The second-order valence-electron chi connectivity index (χ2n) is 3.48. The van der Waals surface area contributed by atoms with Gasteiger partial charge in [0, 0.05) is 11.4 Å². The van der Waals surface area contributed by atoms with E-state index in [1.165, 1.54) is 0 Å². The third-order valence-corrected chi connectivity index (χ3v) is 2.48. The molecule has 3 nitrogen and oxygen atoms in total. The summed E-state index contributed by atoms with van der Waals surface area (Å²) in [7, 11) is 0. The Bertz CT molecular complexity index is 261. The lowest BCUT2D eigenvalue weighted by Crippen LogP contribution is -2.26. The summed E-state index contributed by atoms with van der Waals surface area (Å²) in [5.41, 5.74) is 2.22. The molecule has 74 valence electrons. The first-order chi connectivity index (χ1) is 6.07. The second-order valence-corrected chi connectivity index (χ2v) is 3.48. The van der Waals surface area contributed by atoms with Crippen molar-refractivity contribution in [3.63, 3.8) is 0 Å². The Morgan fingerprint density at radius 3 is 2.15 bits per heavy atom. The zero-order chi connectivity index (χ0) is 10.0. The molecule has 0 fully saturated rings. The third-order valence-electron chi connectivity index (χ3n) is 2.48. The van der Waals surface area contributed by atoms with E-state index in [1.807, 2.05) is 37.5 Å². The molecule has 0 saturated heterocycles. The van der Waals surface area contributed by atoms with E-state index in [0.29, 0.717) is 0 Å². The van der Waals surface area contributed by atoms with Crippen LogP contribution in [0.1, 0.15) is 24.4 Å². The maximum atomic E-state index is 9.48. The first-order valence-electron chi connectivity index (χ1n) is 4.51. The number of nitrogens with zero attached hydrogens (tertiary/aromatic N) is 1. The van der Waals surface area contributed by atoms with Gasteiger partial charge in [-0.1, -0.05) is 0 Å². The molecule has 2 unspecified atom stereocenters. The molecular formula is C10H17NO2. The summed E-state index contributed by atoms with van der Waals surface area (Å²) in [6.45, 7) is 5.69. The summed E-state index contributed by atoms with van der Waals surface area (Å²) >= 11 is 0. The van der Waals surface area contributed by atoms with E-state index >= 15 is 0 Å². The van der Waals surface area contributed by atoms with E-state index in [9.17, 15) is 5.11 Å². The van der Waals surface area contributed by atoms with Crippen molar-refractivity contribution in [2.24, 2.45) is 0 Å². The van der Waals surface area contributed by atoms with Crippen LogP contribution in [0, 0.1) is 13.8 Å². The predicted octanol–water partition coefficient (Wildman–Crippen LogP) is 1.02. The fourth-order valence-corrected chi connectivity index (χ4v) is 1.65. The summed E-state index contributed by atoms with van der Waals surface area (Å²) in [5, 5.41) is 18.3. The maximum absolute atomic E-state index is 9.48. The molecule has 1 aromatic heterocycles. The van der Waals surface area contributed by atoms with Crippen molar-refractivity contribution in [3.8, 4) is 0 Å². The molecule has 0 amide bonds. The summed E-state index contributed by atoms with van der Waals surface area (Å²) in [5.74, 6) is 0. The highest BCUT2D eigenvalue weighted by atomic mass is 16.3. The highest BCUT2D eigenvalue weighted by Gasteiger charge is 2.17. The topological polar surface area (TPSA) is 45.4 Å². The van der Waals surface area contributed by atoms with Gasteiger partial charge in [0.2, 0.25) is 0 Å². The Kier molecular flexibility index (Phi) is 3.12. The van der Waals surface area contributed by atoms with Crippen LogP contribution < -0.4 is 0 Å². The zero-order valence-electron chi connectivity index (χ0n) is 8.36. The van der Waals surface area contributed by atoms with Gasteiger partial charge in [-0.2, -0.15) is 0 Å². The summed E-state index contributed by atoms with van der Waals surface area (Å²) in [6.07, 6.45) is -0.690. The number of aromatic nitrogens is 1. The largest absolute Gasteiger partial charge is 0.394 e. The van der Waals surface area contributed by atoms with Crippen LogP contribution in [0.3, 0.4) is 0 Å². The van der Waals surface area contributed by atoms with Crippen molar-refractivity contribution >= 4 is 0 Å². The molecule has 1 heterocycles. The minimum absolute atomic E-state index is 0.0694. The van der Waals surface area contributed by atoms with Crippen molar-refractivity contribution in [2.45, 2.75) is 32.9 Å². The fraction of sp³-hybridized carbons (Fsp3) is 0.600. The minimum atomic E-state index is -0.690. The Balaban J connectivity index is 2.93. The van der Waals surface area contributed by atoms with Gasteiger partial charge in [-0.3, -0.25) is 0 Å². The van der Waals surface area contributed by atoms with Gasteiger partial charge in [-0.15, -0.1) is 0 Å². The first kappa shape index (κ1) is 10.3. The van der Waals surface area contributed by atoms with E-state index in [-0.39, 0.29) is 12.6 Å². The molecule has 2 atom stereocenters. The highest BCUT2D eigenvalue weighted by molar-refractivity contribution is 5.15. The standard InChI is InChI=1S/C10H17NO2/c1-7-4-5-8(2)11(7)9(3)10(13)6-12/h4-5,9-10,12-13H,6H2,1-3H3. The number of hydrogen-bond acceptors (Lipinski definition) is 2. The fourth-order valence-electron chi connectivity index (χ4n) is 1.65. The van der Waals surface area contributed by atoms with Gasteiger partial charge in [-0.05, 0) is 32.9 Å². The molecule has 0 bridgehead atoms. The lowest BCUT2D eigenvalue weighted by molar-refractivity contribution is 0.0564. The molecule has 0 spiro atoms. The number of rotatable bonds is 3. The van der Waals surface area contributed by atoms with Crippen LogP contribution in [-0.4, -0.2) is 27.5 Å². The minimum Gasteiger partial charge on any atom is -0.394 e. The summed E-state index contributed by atoms with van der Waals surface area (Å²) in [6, 6.07) is 3.95. The molecule has 1 aromatic rings. The average Bonchev–Trinajstić information content (AvgIpc) is 2.44. The molecule has 0 aromatic carbocycles. The number of hydrogen-bond donors (Lipinski definition) is 2. The molecule has 0 saturated carbocycles. The normalized spacial score (nSPS) is 15.8. The van der Waals surface area contributed by atoms with E-state index in [2.05, 4.69) is 0 Å². The first-order valence-corrected chi connectivity index (χ1v) is 4.51. The smallest absolute Gasteiger partial charge is 0.0974 e. The highest BCUT2D eigenvalue weighted by Crippen LogP contribution is 2.18. The number of aliphatic hydroxyl groups is 2. The van der Waals surface area contributed by atoms with Gasteiger partial charge >= 0.3 is 0 Å². The van der Waals surface area contributed by atoms with E-state index in [1.54, 1.807) is 0 Å². The van der Waals surface area contributed by atoms with Gasteiger partial charge in [0.25, 0.3) is 0 Å². The van der Waals surface area contributed by atoms with Crippen LogP contribution in [0.4, 0.5) is 0 Å². The molecule has 0 aliphatic heterocycles. The Morgan fingerprint density at radius 2 is 1.77 bits per heavy atom. The SMILES string of the molecule is Cc1ccc(C)n1C(C)C(O)CO. The van der Waals surface area contributed by atoms with Crippen LogP contribution in [0.5, 0.6) is 0 Å². The summed E-state index contributed by atoms with van der Waals surface area (Å²) in [4.78, 5) is 0. The Labute approximate surface area is 78.6 Å².